The summed E-state index contributed by atoms with van der Waals surface area (Å²) in [5, 5.41) is 6.28. The number of ether oxygens (including phenoxy) is 1. The van der Waals surface area contributed by atoms with Crippen molar-refractivity contribution in [3.8, 4) is 0 Å². The molecule has 72 valence electrons. The van der Waals surface area contributed by atoms with Crippen LogP contribution < -0.4 is 10.6 Å². The van der Waals surface area contributed by atoms with Gasteiger partial charge in [-0.15, -0.1) is 0 Å². The Bertz CT molecular complexity index is 124. The average molecular weight is 172 g/mol. The van der Waals surface area contributed by atoms with Crippen molar-refractivity contribution >= 4 is 0 Å². The summed E-state index contributed by atoms with van der Waals surface area (Å²) < 4.78 is 5.16. The molecule has 0 aliphatic carbocycles. The molecule has 0 saturated carbocycles. The third kappa shape index (κ3) is 7.41. The highest BCUT2D eigenvalue weighted by molar-refractivity contribution is 4.88. The molecule has 2 N–H and O–H groups in total. The van der Waals surface area contributed by atoms with Gasteiger partial charge in [-0.2, -0.15) is 0 Å². The minimum Gasteiger partial charge on any atom is -0.380 e. The maximum absolute atomic E-state index is 5.16. The Morgan fingerprint density at radius 1 is 1.50 bits per heavy atom. The van der Waals surface area contributed by atoms with Crippen molar-refractivity contribution in [3.63, 3.8) is 0 Å². The van der Waals surface area contributed by atoms with E-state index in [4.69, 9.17) is 4.74 Å². The van der Waals surface area contributed by atoms with Gasteiger partial charge in [0.1, 0.15) is 0 Å². The summed E-state index contributed by atoms with van der Waals surface area (Å²) in [6, 6.07) is 0.428. The Morgan fingerprint density at radius 2 is 2.17 bits per heavy atom. The first kappa shape index (κ1) is 11.3. The van der Waals surface area contributed by atoms with Gasteiger partial charge in [0.25, 0.3) is 0 Å². The lowest BCUT2D eigenvalue weighted by atomic mass is 10.4. The number of nitrogens with one attached hydrogen (secondary N) is 2. The van der Waals surface area contributed by atoms with E-state index in [0.717, 1.165) is 25.6 Å². The van der Waals surface area contributed by atoms with Gasteiger partial charge in [-0.25, -0.2) is 0 Å². The molecule has 3 heteroatoms. The molecule has 0 saturated heterocycles. The van der Waals surface area contributed by atoms with Crippen LogP contribution in [0.5, 0.6) is 0 Å². The molecule has 0 atom stereocenters. The van der Waals surface area contributed by atoms with Crippen molar-refractivity contribution in [1.29, 1.82) is 0 Å². The predicted octanol–water partition coefficient (Wildman–Crippen LogP) is 1.08. The van der Waals surface area contributed by atoms with Crippen LogP contribution in [0.25, 0.3) is 0 Å². The van der Waals surface area contributed by atoms with Crippen LogP contribution in [0, 0.1) is 0 Å². The fourth-order valence-corrected chi connectivity index (χ4v) is 0.818. The third-order valence-corrected chi connectivity index (χ3v) is 1.25. The van der Waals surface area contributed by atoms with Gasteiger partial charge in [0.2, 0.25) is 0 Å². The first-order chi connectivity index (χ1) is 5.66. The molecule has 0 aromatic rings. The molecule has 3 nitrogen and oxygen atoms in total. The molecule has 0 fully saturated rings. The van der Waals surface area contributed by atoms with Gasteiger partial charge in [0.15, 0.2) is 0 Å². The minimum absolute atomic E-state index is 0.428. The van der Waals surface area contributed by atoms with Gasteiger partial charge in [-0.3, -0.25) is 0 Å². The quantitative estimate of drug-likeness (QED) is 0.564. The van der Waals surface area contributed by atoms with Crippen molar-refractivity contribution in [2.45, 2.75) is 26.8 Å². The van der Waals surface area contributed by atoms with Crippen LogP contribution in [-0.2, 0) is 4.74 Å². The van der Waals surface area contributed by atoms with E-state index in [1.54, 1.807) is 0 Å². The van der Waals surface area contributed by atoms with Crippen LogP contribution in [0.1, 0.15) is 20.8 Å². The van der Waals surface area contributed by atoms with Crippen molar-refractivity contribution < 1.29 is 4.74 Å². The SMILES string of the molecule is C=C(NCCOCC)NC(C)C. The second kappa shape index (κ2) is 6.98. The molecule has 0 unspecified atom stereocenters. The van der Waals surface area contributed by atoms with E-state index in [2.05, 4.69) is 31.1 Å². The normalized spacial score (nSPS) is 10.0. The van der Waals surface area contributed by atoms with Crippen LogP contribution in [-0.4, -0.2) is 25.8 Å². The molecule has 0 bridgehead atoms. The highest BCUT2D eigenvalue weighted by atomic mass is 16.5. The fourth-order valence-electron chi connectivity index (χ4n) is 0.818. The standard InChI is InChI=1S/C9H20N2O/c1-5-12-7-6-10-9(4)11-8(2)3/h8,10-11H,4-7H2,1-3H3. The van der Waals surface area contributed by atoms with E-state index in [9.17, 15) is 0 Å². The molecule has 0 aromatic carbocycles. The summed E-state index contributed by atoms with van der Waals surface area (Å²) in [7, 11) is 0. The van der Waals surface area contributed by atoms with E-state index in [1.165, 1.54) is 0 Å². The second-order valence-corrected chi connectivity index (χ2v) is 2.90. The predicted molar refractivity (Wildman–Crippen MR) is 51.9 cm³/mol. The molecule has 0 aromatic heterocycles. The van der Waals surface area contributed by atoms with Crippen molar-refractivity contribution in [2.24, 2.45) is 0 Å². The summed E-state index contributed by atoms with van der Waals surface area (Å²) in [4.78, 5) is 0. The highest BCUT2D eigenvalue weighted by Gasteiger charge is 1.93. The van der Waals surface area contributed by atoms with Crippen molar-refractivity contribution in [1.82, 2.24) is 10.6 Å². The fraction of sp³-hybridized carbons (Fsp3) is 0.778. The van der Waals surface area contributed by atoms with E-state index in [-0.39, 0.29) is 0 Å². The van der Waals surface area contributed by atoms with Gasteiger partial charge >= 0.3 is 0 Å². The lowest BCUT2D eigenvalue weighted by Crippen LogP contribution is -2.32. The maximum Gasteiger partial charge on any atom is 0.0915 e. The van der Waals surface area contributed by atoms with Crippen molar-refractivity contribution in [2.75, 3.05) is 19.8 Å². The first-order valence-electron chi connectivity index (χ1n) is 4.43. The monoisotopic (exact) mass is 172 g/mol. The molecule has 12 heavy (non-hydrogen) atoms. The summed E-state index contributed by atoms with van der Waals surface area (Å²) in [5.41, 5.74) is 0. The lowest BCUT2D eigenvalue weighted by Gasteiger charge is -2.14. The Kier molecular flexibility index (Phi) is 6.57. The zero-order valence-electron chi connectivity index (χ0n) is 8.31. The van der Waals surface area contributed by atoms with Crippen molar-refractivity contribution in [3.05, 3.63) is 12.4 Å². The topological polar surface area (TPSA) is 33.3 Å². The molecular formula is C9H20N2O. The molecule has 0 aliphatic heterocycles. The number of rotatable bonds is 7. The number of hydrogen-bond acceptors (Lipinski definition) is 3. The lowest BCUT2D eigenvalue weighted by molar-refractivity contribution is 0.150. The molecule has 0 spiro atoms. The van der Waals surface area contributed by atoms with Crippen LogP contribution in [0.2, 0.25) is 0 Å². The maximum atomic E-state index is 5.16. The summed E-state index contributed by atoms with van der Waals surface area (Å²) in [5.74, 6) is 0.865. The Balaban J connectivity index is 3.20. The molecular weight excluding hydrogens is 152 g/mol. The zero-order valence-corrected chi connectivity index (χ0v) is 8.31. The van der Waals surface area contributed by atoms with Gasteiger partial charge < -0.3 is 15.4 Å². The summed E-state index contributed by atoms with van der Waals surface area (Å²) in [6.45, 7) is 12.3. The summed E-state index contributed by atoms with van der Waals surface area (Å²) >= 11 is 0. The molecule has 0 heterocycles. The Hall–Kier alpha value is -0.700. The third-order valence-electron chi connectivity index (χ3n) is 1.25. The first-order valence-corrected chi connectivity index (χ1v) is 4.43. The average Bonchev–Trinajstić information content (AvgIpc) is 1.97. The smallest absolute Gasteiger partial charge is 0.0915 e. The van der Waals surface area contributed by atoms with E-state index in [1.807, 2.05) is 6.92 Å². The number of hydrogen-bond donors (Lipinski definition) is 2. The van der Waals surface area contributed by atoms with E-state index in [0.29, 0.717) is 6.04 Å². The van der Waals surface area contributed by atoms with E-state index < -0.39 is 0 Å². The Labute approximate surface area is 75.2 Å². The van der Waals surface area contributed by atoms with Crippen LogP contribution in [0.15, 0.2) is 12.4 Å². The van der Waals surface area contributed by atoms with Crippen LogP contribution in [0.4, 0.5) is 0 Å². The van der Waals surface area contributed by atoms with Gasteiger partial charge in [0.05, 0.1) is 12.4 Å². The van der Waals surface area contributed by atoms with E-state index >= 15 is 0 Å². The molecule has 0 aliphatic rings. The highest BCUT2D eigenvalue weighted by Crippen LogP contribution is 1.82. The second-order valence-electron chi connectivity index (χ2n) is 2.90. The molecule has 0 rings (SSSR count). The van der Waals surface area contributed by atoms with Gasteiger partial charge in [-0.1, -0.05) is 6.58 Å². The van der Waals surface area contributed by atoms with Crippen LogP contribution >= 0.6 is 0 Å². The Morgan fingerprint density at radius 3 is 2.67 bits per heavy atom. The minimum atomic E-state index is 0.428. The molecule has 0 radical (unpaired) electrons. The summed E-state index contributed by atoms with van der Waals surface area (Å²) in [6.07, 6.45) is 0. The van der Waals surface area contributed by atoms with Gasteiger partial charge in [-0.05, 0) is 20.8 Å². The molecule has 0 amide bonds. The van der Waals surface area contributed by atoms with Gasteiger partial charge in [0, 0.05) is 19.2 Å². The largest absolute Gasteiger partial charge is 0.380 e. The van der Waals surface area contributed by atoms with Crippen LogP contribution in [0.3, 0.4) is 0 Å². The zero-order chi connectivity index (χ0) is 9.40.